The standard InChI is InChI=1S/C15H11NO2/c1-10-6-7-14(18-10)15(17)12-8-11-4-2-3-5-13(11)16-9-12/h2-9H,1H3. The Morgan fingerprint density at radius 1 is 1.17 bits per heavy atom. The van der Waals surface area contributed by atoms with Gasteiger partial charge in [-0.15, -0.1) is 0 Å². The molecule has 0 fully saturated rings. The second-order valence-corrected chi connectivity index (χ2v) is 4.16. The fraction of sp³-hybridized carbons (Fsp3) is 0.0667. The molecule has 3 heteroatoms. The summed E-state index contributed by atoms with van der Waals surface area (Å²) in [4.78, 5) is 16.4. The average molecular weight is 237 g/mol. The molecule has 3 rings (SSSR count). The van der Waals surface area contributed by atoms with Gasteiger partial charge in [-0.25, -0.2) is 0 Å². The molecule has 0 aliphatic heterocycles. The molecule has 0 aliphatic carbocycles. The second-order valence-electron chi connectivity index (χ2n) is 4.16. The van der Waals surface area contributed by atoms with Crippen LogP contribution in [0, 0.1) is 6.92 Å². The van der Waals surface area contributed by atoms with Crippen molar-refractivity contribution >= 4 is 16.7 Å². The monoisotopic (exact) mass is 237 g/mol. The Bertz CT molecular complexity index is 728. The average Bonchev–Trinajstić information content (AvgIpc) is 2.84. The van der Waals surface area contributed by atoms with Gasteiger partial charge in [-0.1, -0.05) is 18.2 Å². The Balaban J connectivity index is 2.06. The Hall–Kier alpha value is -2.42. The van der Waals surface area contributed by atoms with E-state index >= 15 is 0 Å². The molecule has 0 saturated heterocycles. The highest BCUT2D eigenvalue weighted by atomic mass is 16.3. The van der Waals surface area contributed by atoms with E-state index in [1.807, 2.05) is 37.3 Å². The molecule has 2 aromatic heterocycles. The maximum absolute atomic E-state index is 12.2. The van der Waals surface area contributed by atoms with Crippen molar-refractivity contribution in [1.29, 1.82) is 0 Å². The predicted molar refractivity (Wildman–Crippen MR) is 68.6 cm³/mol. The Morgan fingerprint density at radius 2 is 2.00 bits per heavy atom. The number of fused-ring (bicyclic) bond motifs is 1. The van der Waals surface area contributed by atoms with Crippen LogP contribution < -0.4 is 0 Å². The zero-order valence-electron chi connectivity index (χ0n) is 9.88. The zero-order valence-corrected chi connectivity index (χ0v) is 9.88. The van der Waals surface area contributed by atoms with Crippen LogP contribution in [0.1, 0.15) is 21.9 Å². The van der Waals surface area contributed by atoms with Crippen molar-refractivity contribution in [2.45, 2.75) is 6.92 Å². The summed E-state index contributed by atoms with van der Waals surface area (Å²) in [7, 11) is 0. The SMILES string of the molecule is Cc1ccc(C(=O)c2cnc3ccccc3c2)o1. The molecule has 3 nitrogen and oxygen atoms in total. The molecule has 0 unspecified atom stereocenters. The largest absolute Gasteiger partial charge is 0.458 e. The van der Waals surface area contributed by atoms with Crippen LogP contribution in [-0.4, -0.2) is 10.8 Å². The highest BCUT2D eigenvalue weighted by Crippen LogP contribution is 2.17. The van der Waals surface area contributed by atoms with Crippen LogP contribution in [0.15, 0.2) is 53.1 Å². The van der Waals surface area contributed by atoms with E-state index in [0.29, 0.717) is 11.3 Å². The van der Waals surface area contributed by atoms with E-state index in [9.17, 15) is 4.79 Å². The van der Waals surface area contributed by atoms with Gasteiger partial charge in [0.2, 0.25) is 5.78 Å². The Labute approximate surface area is 104 Å². The van der Waals surface area contributed by atoms with E-state index in [0.717, 1.165) is 16.7 Å². The number of carbonyl (C=O) groups excluding carboxylic acids is 1. The fourth-order valence-corrected chi connectivity index (χ4v) is 1.89. The van der Waals surface area contributed by atoms with E-state index in [1.165, 1.54) is 0 Å². The van der Waals surface area contributed by atoms with Crippen LogP contribution in [-0.2, 0) is 0 Å². The van der Waals surface area contributed by atoms with Gasteiger partial charge in [-0.3, -0.25) is 9.78 Å². The number of hydrogen-bond donors (Lipinski definition) is 0. The lowest BCUT2D eigenvalue weighted by Gasteiger charge is -2.00. The van der Waals surface area contributed by atoms with Gasteiger partial charge in [-0.05, 0) is 31.2 Å². The number of benzene rings is 1. The lowest BCUT2D eigenvalue weighted by atomic mass is 10.1. The number of rotatable bonds is 2. The number of hydrogen-bond acceptors (Lipinski definition) is 3. The first-order valence-electron chi connectivity index (χ1n) is 5.70. The first-order valence-corrected chi connectivity index (χ1v) is 5.70. The van der Waals surface area contributed by atoms with Gasteiger partial charge in [0.05, 0.1) is 5.52 Å². The molecule has 0 spiro atoms. The lowest BCUT2D eigenvalue weighted by Crippen LogP contribution is -2.00. The number of carbonyl (C=O) groups is 1. The highest BCUT2D eigenvalue weighted by Gasteiger charge is 2.13. The van der Waals surface area contributed by atoms with E-state index in [4.69, 9.17) is 4.42 Å². The van der Waals surface area contributed by atoms with Crippen molar-refractivity contribution in [3.8, 4) is 0 Å². The second kappa shape index (κ2) is 4.11. The van der Waals surface area contributed by atoms with Gasteiger partial charge >= 0.3 is 0 Å². The number of nitrogens with zero attached hydrogens (tertiary/aromatic N) is 1. The molecule has 0 aliphatic rings. The van der Waals surface area contributed by atoms with Crippen LogP contribution in [0.25, 0.3) is 10.9 Å². The van der Waals surface area contributed by atoms with Crippen molar-refractivity contribution in [2.75, 3.05) is 0 Å². The van der Waals surface area contributed by atoms with E-state index < -0.39 is 0 Å². The molecule has 2 heterocycles. The van der Waals surface area contributed by atoms with Crippen LogP contribution >= 0.6 is 0 Å². The summed E-state index contributed by atoms with van der Waals surface area (Å²) in [5.41, 5.74) is 1.42. The van der Waals surface area contributed by atoms with Crippen LogP contribution in [0.4, 0.5) is 0 Å². The molecular formula is C15H11NO2. The summed E-state index contributed by atoms with van der Waals surface area (Å²) in [6.45, 7) is 1.81. The minimum Gasteiger partial charge on any atom is -0.458 e. The molecule has 3 aromatic rings. The maximum atomic E-state index is 12.2. The van der Waals surface area contributed by atoms with Gasteiger partial charge in [0.15, 0.2) is 5.76 Å². The summed E-state index contributed by atoms with van der Waals surface area (Å²) in [6.07, 6.45) is 1.59. The van der Waals surface area contributed by atoms with Crippen LogP contribution in [0.2, 0.25) is 0 Å². The number of furan rings is 1. The third-order valence-corrected chi connectivity index (χ3v) is 2.82. The molecule has 0 saturated carbocycles. The summed E-state index contributed by atoms with van der Waals surface area (Å²) in [5.74, 6) is 0.943. The van der Waals surface area contributed by atoms with Crippen molar-refractivity contribution in [3.63, 3.8) is 0 Å². The topological polar surface area (TPSA) is 43.1 Å². The minimum absolute atomic E-state index is 0.138. The third kappa shape index (κ3) is 1.80. The molecule has 0 N–H and O–H groups in total. The molecule has 18 heavy (non-hydrogen) atoms. The third-order valence-electron chi connectivity index (χ3n) is 2.82. The van der Waals surface area contributed by atoms with Crippen molar-refractivity contribution in [1.82, 2.24) is 4.98 Å². The van der Waals surface area contributed by atoms with Gasteiger partial charge in [0, 0.05) is 17.1 Å². The zero-order chi connectivity index (χ0) is 12.5. The number of para-hydroxylation sites is 1. The highest BCUT2D eigenvalue weighted by molar-refractivity contribution is 6.08. The molecule has 1 aromatic carbocycles. The maximum Gasteiger partial charge on any atom is 0.229 e. The molecular weight excluding hydrogens is 226 g/mol. The summed E-state index contributed by atoms with van der Waals surface area (Å²) in [6, 6.07) is 13.0. The van der Waals surface area contributed by atoms with Crippen LogP contribution in [0.5, 0.6) is 0 Å². The summed E-state index contributed by atoms with van der Waals surface area (Å²) < 4.78 is 5.33. The van der Waals surface area contributed by atoms with E-state index in [-0.39, 0.29) is 5.78 Å². The van der Waals surface area contributed by atoms with Crippen molar-refractivity contribution in [2.24, 2.45) is 0 Å². The number of pyridine rings is 1. The molecule has 0 atom stereocenters. The molecule has 88 valence electrons. The van der Waals surface area contributed by atoms with Gasteiger partial charge < -0.3 is 4.42 Å². The fourth-order valence-electron chi connectivity index (χ4n) is 1.89. The van der Waals surface area contributed by atoms with Crippen molar-refractivity contribution in [3.05, 3.63) is 65.7 Å². The molecule has 0 amide bonds. The van der Waals surface area contributed by atoms with Gasteiger partial charge in [0.25, 0.3) is 0 Å². The summed E-state index contributed by atoms with van der Waals surface area (Å²) >= 11 is 0. The smallest absolute Gasteiger partial charge is 0.229 e. The molecule has 0 bridgehead atoms. The van der Waals surface area contributed by atoms with Gasteiger partial charge in [0.1, 0.15) is 5.76 Å². The lowest BCUT2D eigenvalue weighted by molar-refractivity contribution is 0.101. The molecule has 0 radical (unpaired) electrons. The van der Waals surface area contributed by atoms with Crippen LogP contribution in [0.3, 0.4) is 0 Å². The predicted octanol–water partition coefficient (Wildman–Crippen LogP) is 3.37. The summed E-state index contributed by atoms with van der Waals surface area (Å²) in [5, 5.41) is 0.951. The van der Waals surface area contributed by atoms with E-state index in [2.05, 4.69) is 4.98 Å². The number of aryl methyl sites for hydroxylation is 1. The first kappa shape index (κ1) is 10.7. The van der Waals surface area contributed by atoms with Gasteiger partial charge in [-0.2, -0.15) is 0 Å². The number of ketones is 1. The first-order chi connectivity index (χ1) is 8.74. The quantitative estimate of drug-likeness (QED) is 0.642. The Kier molecular flexibility index (Phi) is 2.45. The van der Waals surface area contributed by atoms with Crippen molar-refractivity contribution < 1.29 is 9.21 Å². The minimum atomic E-state index is -0.138. The number of aromatic nitrogens is 1. The Morgan fingerprint density at radius 3 is 2.78 bits per heavy atom. The normalized spacial score (nSPS) is 10.7. The van der Waals surface area contributed by atoms with E-state index in [1.54, 1.807) is 18.3 Å².